The minimum Gasteiger partial charge on any atom is -0.493 e. The first-order chi connectivity index (χ1) is 8.97. The van der Waals surface area contributed by atoms with Gasteiger partial charge in [-0.15, -0.1) is 0 Å². The van der Waals surface area contributed by atoms with Crippen molar-refractivity contribution in [2.45, 2.75) is 46.5 Å². The summed E-state index contributed by atoms with van der Waals surface area (Å²) in [7, 11) is 0. The van der Waals surface area contributed by atoms with Crippen molar-refractivity contribution in [3.8, 4) is 5.75 Å². The highest BCUT2D eigenvalue weighted by Crippen LogP contribution is 2.32. The smallest absolute Gasteiger partial charge is 0.303 e. The molecule has 0 bridgehead atoms. The van der Waals surface area contributed by atoms with Crippen molar-refractivity contribution in [2.75, 3.05) is 6.61 Å². The molecule has 1 rings (SSSR count). The van der Waals surface area contributed by atoms with Gasteiger partial charge < -0.3 is 9.84 Å². The molecule has 1 aromatic carbocycles. The number of ether oxygens (including phenoxy) is 1. The number of rotatable bonds is 7. The highest BCUT2D eigenvalue weighted by Gasteiger charge is 2.13. The van der Waals surface area contributed by atoms with Crippen molar-refractivity contribution < 1.29 is 14.6 Å². The first-order valence-electron chi connectivity index (χ1n) is 6.60. The number of aryl methyl sites for hydroxylation is 1. The van der Waals surface area contributed by atoms with Crippen LogP contribution in [0.1, 0.15) is 42.9 Å². The molecule has 0 spiro atoms. The lowest BCUT2D eigenvalue weighted by Crippen LogP contribution is -2.04. The minimum absolute atomic E-state index is 0.165. The van der Waals surface area contributed by atoms with E-state index in [1.165, 1.54) is 0 Å². The number of carboxylic acids is 1. The third-order valence-electron chi connectivity index (χ3n) is 3.05. The average molecular weight is 285 g/mol. The van der Waals surface area contributed by atoms with Crippen molar-refractivity contribution in [3.63, 3.8) is 0 Å². The second-order valence-electron chi connectivity index (χ2n) is 4.70. The Hall–Kier alpha value is -1.22. The van der Waals surface area contributed by atoms with E-state index in [0.717, 1.165) is 33.9 Å². The van der Waals surface area contributed by atoms with E-state index in [4.69, 9.17) is 21.4 Å². The zero-order chi connectivity index (χ0) is 14.4. The van der Waals surface area contributed by atoms with Gasteiger partial charge in [0, 0.05) is 11.4 Å². The molecule has 19 heavy (non-hydrogen) atoms. The Balaban J connectivity index is 2.96. The number of benzene rings is 1. The number of carboxylic acid groups (broad SMARTS) is 1. The van der Waals surface area contributed by atoms with Crippen LogP contribution in [0.15, 0.2) is 6.07 Å². The number of hydrogen-bond acceptors (Lipinski definition) is 2. The maximum Gasteiger partial charge on any atom is 0.303 e. The van der Waals surface area contributed by atoms with E-state index in [0.29, 0.717) is 19.4 Å². The molecule has 1 N–H and O–H groups in total. The molecule has 0 aliphatic carbocycles. The van der Waals surface area contributed by atoms with Crippen LogP contribution in [0.2, 0.25) is 5.02 Å². The molecule has 0 aliphatic rings. The van der Waals surface area contributed by atoms with Gasteiger partial charge in [0.15, 0.2) is 0 Å². The van der Waals surface area contributed by atoms with Gasteiger partial charge in [0.05, 0.1) is 6.61 Å². The molecule has 0 amide bonds. The number of halogens is 1. The van der Waals surface area contributed by atoms with Crippen molar-refractivity contribution in [1.29, 1.82) is 0 Å². The molecule has 1 aromatic rings. The Bertz CT molecular complexity index is 455. The standard InChI is InChI=1S/C15H21ClO3/c1-4-8-19-13-9-10(2)15(16)11(3)12(13)6-5-7-14(17)18/h9H,4-8H2,1-3H3,(H,17,18). The molecule has 106 valence electrons. The zero-order valence-electron chi connectivity index (χ0n) is 11.8. The van der Waals surface area contributed by atoms with E-state index in [9.17, 15) is 4.79 Å². The summed E-state index contributed by atoms with van der Waals surface area (Å²) in [6.45, 7) is 6.63. The van der Waals surface area contributed by atoms with Crippen LogP contribution in [-0.2, 0) is 11.2 Å². The molecular formula is C15H21ClO3. The lowest BCUT2D eigenvalue weighted by molar-refractivity contribution is -0.137. The van der Waals surface area contributed by atoms with E-state index < -0.39 is 5.97 Å². The summed E-state index contributed by atoms with van der Waals surface area (Å²) >= 11 is 6.26. The summed E-state index contributed by atoms with van der Waals surface area (Å²) in [6, 6.07) is 1.95. The molecule has 4 heteroatoms. The Morgan fingerprint density at radius 3 is 2.68 bits per heavy atom. The predicted octanol–water partition coefficient (Wildman–Crippen LogP) is 4.15. The van der Waals surface area contributed by atoms with Crippen LogP contribution in [0.25, 0.3) is 0 Å². The molecule has 0 atom stereocenters. The van der Waals surface area contributed by atoms with Gasteiger partial charge in [-0.25, -0.2) is 0 Å². The fourth-order valence-electron chi connectivity index (χ4n) is 2.03. The van der Waals surface area contributed by atoms with Crippen molar-refractivity contribution >= 4 is 17.6 Å². The molecule has 0 aliphatic heterocycles. The monoisotopic (exact) mass is 284 g/mol. The Morgan fingerprint density at radius 2 is 2.11 bits per heavy atom. The van der Waals surface area contributed by atoms with Gasteiger partial charge >= 0.3 is 5.97 Å². The van der Waals surface area contributed by atoms with Crippen LogP contribution < -0.4 is 4.74 Å². The molecule has 3 nitrogen and oxygen atoms in total. The van der Waals surface area contributed by atoms with E-state index in [-0.39, 0.29) is 6.42 Å². The minimum atomic E-state index is -0.771. The summed E-state index contributed by atoms with van der Waals surface area (Å²) in [5, 5.41) is 9.46. The normalized spacial score (nSPS) is 10.5. The fraction of sp³-hybridized carbons (Fsp3) is 0.533. The van der Waals surface area contributed by atoms with Crippen LogP contribution in [0, 0.1) is 13.8 Å². The van der Waals surface area contributed by atoms with Gasteiger partial charge in [0.1, 0.15) is 5.75 Å². The lowest BCUT2D eigenvalue weighted by atomic mass is 9.99. The molecule has 0 aromatic heterocycles. The molecular weight excluding hydrogens is 264 g/mol. The van der Waals surface area contributed by atoms with Crippen LogP contribution in [0.3, 0.4) is 0 Å². The van der Waals surface area contributed by atoms with Gasteiger partial charge in [-0.05, 0) is 55.9 Å². The molecule has 0 saturated heterocycles. The second-order valence-corrected chi connectivity index (χ2v) is 5.08. The number of aliphatic carboxylic acids is 1. The van der Waals surface area contributed by atoms with Gasteiger partial charge in [0.2, 0.25) is 0 Å². The first-order valence-corrected chi connectivity index (χ1v) is 6.98. The molecule has 0 heterocycles. The Morgan fingerprint density at radius 1 is 1.42 bits per heavy atom. The number of hydrogen-bond donors (Lipinski definition) is 1. The zero-order valence-corrected chi connectivity index (χ0v) is 12.5. The maximum absolute atomic E-state index is 10.6. The van der Waals surface area contributed by atoms with Gasteiger partial charge in [-0.1, -0.05) is 18.5 Å². The quantitative estimate of drug-likeness (QED) is 0.818. The third kappa shape index (κ3) is 4.43. The summed E-state index contributed by atoms with van der Waals surface area (Å²) in [5.74, 6) is 0.0681. The van der Waals surface area contributed by atoms with Crippen LogP contribution in [0.4, 0.5) is 0 Å². The molecule has 0 radical (unpaired) electrons. The lowest BCUT2D eigenvalue weighted by Gasteiger charge is -2.16. The van der Waals surface area contributed by atoms with Crippen molar-refractivity contribution in [3.05, 3.63) is 27.8 Å². The highest BCUT2D eigenvalue weighted by molar-refractivity contribution is 6.32. The average Bonchev–Trinajstić information content (AvgIpc) is 2.36. The van der Waals surface area contributed by atoms with Gasteiger partial charge in [0.25, 0.3) is 0 Å². The van der Waals surface area contributed by atoms with Crippen LogP contribution >= 0.6 is 11.6 Å². The van der Waals surface area contributed by atoms with Crippen molar-refractivity contribution in [1.82, 2.24) is 0 Å². The largest absolute Gasteiger partial charge is 0.493 e. The highest BCUT2D eigenvalue weighted by atomic mass is 35.5. The maximum atomic E-state index is 10.6. The summed E-state index contributed by atoms with van der Waals surface area (Å²) in [5.41, 5.74) is 3.02. The Kier molecular flexibility index (Phi) is 6.16. The molecule has 0 saturated carbocycles. The molecule has 0 fully saturated rings. The molecule has 0 unspecified atom stereocenters. The third-order valence-corrected chi connectivity index (χ3v) is 3.63. The summed E-state index contributed by atoms with van der Waals surface area (Å²) in [4.78, 5) is 10.6. The van der Waals surface area contributed by atoms with Gasteiger partial charge in [-0.3, -0.25) is 4.79 Å². The first kappa shape index (κ1) is 15.8. The fourth-order valence-corrected chi connectivity index (χ4v) is 2.20. The second kappa shape index (κ2) is 7.39. The summed E-state index contributed by atoms with van der Waals surface area (Å²) in [6.07, 6.45) is 2.38. The van der Waals surface area contributed by atoms with E-state index in [1.807, 2.05) is 19.9 Å². The van der Waals surface area contributed by atoms with Crippen LogP contribution in [-0.4, -0.2) is 17.7 Å². The SMILES string of the molecule is CCCOc1cc(C)c(Cl)c(C)c1CCCC(=O)O. The summed E-state index contributed by atoms with van der Waals surface area (Å²) < 4.78 is 5.75. The van der Waals surface area contributed by atoms with Crippen LogP contribution in [0.5, 0.6) is 5.75 Å². The van der Waals surface area contributed by atoms with E-state index >= 15 is 0 Å². The van der Waals surface area contributed by atoms with E-state index in [2.05, 4.69) is 6.92 Å². The predicted molar refractivity (Wildman–Crippen MR) is 77.3 cm³/mol. The van der Waals surface area contributed by atoms with Crippen molar-refractivity contribution in [2.24, 2.45) is 0 Å². The number of carbonyl (C=O) groups is 1. The topological polar surface area (TPSA) is 46.5 Å². The van der Waals surface area contributed by atoms with E-state index in [1.54, 1.807) is 0 Å². The Labute approximate surface area is 119 Å². The van der Waals surface area contributed by atoms with Gasteiger partial charge in [-0.2, -0.15) is 0 Å².